The van der Waals surface area contributed by atoms with Gasteiger partial charge in [-0.15, -0.1) is 0 Å². The van der Waals surface area contributed by atoms with Crippen LogP contribution in [-0.2, 0) is 13.0 Å². The third-order valence-electron chi connectivity index (χ3n) is 2.99. The van der Waals surface area contributed by atoms with Crippen LogP contribution in [0.2, 0.25) is 0 Å². The maximum absolute atomic E-state index is 9.59. The van der Waals surface area contributed by atoms with E-state index in [0.717, 1.165) is 22.4 Å². The molecule has 1 atom stereocenters. The molecular weight excluding hydrogens is 294 g/mol. The molecule has 2 aromatic rings. The summed E-state index contributed by atoms with van der Waals surface area (Å²) in [6.07, 6.45) is 2.25. The van der Waals surface area contributed by atoms with Gasteiger partial charge in [-0.1, -0.05) is 34.1 Å². The number of aliphatic hydroxyl groups is 1. The van der Waals surface area contributed by atoms with Crippen LogP contribution in [0.4, 0.5) is 0 Å². The van der Waals surface area contributed by atoms with Gasteiger partial charge in [-0.25, -0.2) is 4.98 Å². The van der Waals surface area contributed by atoms with Crippen LogP contribution in [0.25, 0.3) is 0 Å². The van der Waals surface area contributed by atoms with Crippen LogP contribution in [-0.4, -0.2) is 26.5 Å². The Morgan fingerprint density at radius 2 is 2.17 bits per heavy atom. The average Bonchev–Trinajstić information content (AvgIpc) is 2.84. The first-order valence-corrected chi connectivity index (χ1v) is 6.77. The molecule has 1 N–H and O–H groups in total. The summed E-state index contributed by atoms with van der Waals surface area (Å²) < 4.78 is 2.88. The Balaban J connectivity index is 2.23. The molecule has 18 heavy (non-hydrogen) atoms. The molecule has 5 heteroatoms. The normalized spacial score (nSPS) is 12.6. The molecule has 0 aliphatic heterocycles. The van der Waals surface area contributed by atoms with E-state index in [1.807, 2.05) is 35.9 Å². The van der Waals surface area contributed by atoms with Crippen LogP contribution in [0.15, 0.2) is 35.1 Å². The van der Waals surface area contributed by atoms with Crippen molar-refractivity contribution in [2.24, 2.45) is 0 Å². The lowest BCUT2D eigenvalue weighted by Gasteiger charge is -2.16. The monoisotopic (exact) mass is 309 g/mol. The first-order valence-electron chi connectivity index (χ1n) is 5.98. The maximum Gasteiger partial charge on any atom is 0.138 e. The highest BCUT2D eigenvalue weighted by Crippen LogP contribution is 2.26. The highest BCUT2D eigenvalue weighted by atomic mass is 79.9. The molecule has 1 unspecified atom stereocenters. The van der Waals surface area contributed by atoms with E-state index < -0.39 is 0 Å². The molecular formula is C13H16BrN3O. The lowest BCUT2D eigenvalue weighted by atomic mass is 9.96. The van der Waals surface area contributed by atoms with Gasteiger partial charge in [0.15, 0.2) is 0 Å². The summed E-state index contributed by atoms with van der Waals surface area (Å²) in [4.78, 5) is 4.26. The van der Waals surface area contributed by atoms with E-state index in [9.17, 15) is 5.11 Å². The maximum atomic E-state index is 9.59. The van der Waals surface area contributed by atoms with Crippen molar-refractivity contribution in [2.75, 3.05) is 6.61 Å². The third kappa shape index (κ3) is 2.79. The average molecular weight is 310 g/mol. The Morgan fingerprint density at radius 1 is 1.39 bits per heavy atom. The summed E-state index contributed by atoms with van der Waals surface area (Å²) in [6, 6.07) is 7.96. The van der Waals surface area contributed by atoms with Gasteiger partial charge in [-0.2, -0.15) is 5.10 Å². The van der Waals surface area contributed by atoms with Gasteiger partial charge in [0, 0.05) is 23.4 Å². The predicted molar refractivity (Wildman–Crippen MR) is 73.4 cm³/mol. The molecule has 0 spiro atoms. The molecule has 1 aromatic heterocycles. The lowest BCUT2D eigenvalue weighted by Crippen LogP contribution is -2.13. The molecule has 1 heterocycles. The van der Waals surface area contributed by atoms with Crippen LogP contribution in [0.5, 0.6) is 0 Å². The van der Waals surface area contributed by atoms with E-state index in [0.29, 0.717) is 6.42 Å². The number of benzene rings is 1. The topological polar surface area (TPSA) is 50.9 Å². The second kappa shape index (κ2) is 6.11. The summed E-state index contributed by atoms with van der Waals surface area (Å²) in [5.74, 6) is 0.947. The fourth-order valence-corrected chi connectivity index (χ4v) is 2.62. The third-order valence-corrected chi connectivity index (χ3v) is 3.71. The van der Waals surface area contributed by atoms with Crippen LogP contribution >= 0.6 is 15.9 Å². The van der Waals surface area contributed by atoms with Gasteiger partial charge in [0.05, 0.1) is 6.61 Å². The number of aromatic nitrogens is 3. The Morgan fingerprint density at radius 3 is 2.83 bits per heavy atom. The number of hydrogen-bond donors (Lipinski definition) is 1. The van der Waals surface area contributed by atoms with E-state index >= 15 is 0 Å². The SMILES string of the molecule is CCn1ncnc1CC(CO)c1ccccc1Br. The second-order valence-electron chi connectivity index (χ2n) is 4.10. The smallest absolute Gasteiger partial charge is 0.138 e. The molecule has 0 aliphatic rings. The van der Waals surface area contributed by atoms with Crippen molar-refractivity contribution >= 4 is 15.9 Å². The fourth-order valence-electron chi connectivity index (χ4n) is 2.01. The number of aliphatic hydroxyl groups excluding tert-OH is 1. The number of nitrogens with zero attached hydrogens (tertiary/aromatic N) is 3. The van der Waals surface area contributed by atoms with Crippen LogP contribution in [0, 0.1) is 0 Å². The Labute approximate surface area is 115 Å². The summed E-state index contributed by atoms with van der Waals surface area (Å²) in [6.45, 7) is 2.92. The molecule has 0 saturated heterocycles. The van der Waals surface area contributed by atoms with Crippen molar-refractivity contribution < 1.29 is 5.11 Å². The Hall–Kier alpha value is -1.20. The zero-order chi connectivity index (χ0) is 13.0. The minimum atomic E-state index is 0.0371. The molecule has 0 fully saturated rings. The van der Waals surface area contributed by atoms with Gasteiger partial charge in [0.2, 0.25) is 0 Å². The van der Waals surface area contributed by atoms with E-state index in [1.165, 1.54) is 0 Å². The van der Waals surface area contributed by atoms with Gasteiger partial charge in [-0.3, -0.25) is 4.68 Å². The van der Waals surface area contributed by atoms with Crippen molar-refractivity contribution in [3.63, 3.8) is 0 Å². The largest absolute Gasteiger partial charge is 0.396 e. The number of rotatable bonds is 5. The zero-order valence-corrected chi connectivity index (χ0v) is 11.8. The minimum absolute atomic E-state index is 0.0371. The van der Waals surface area contributed by atoms with E-state index in [2.05, 4.69) is 26.0 Å². The van der Waals surface area contributed by atoms with Crippen molar-refractivity contribution in [3.8, 4) is 0 Å². The first kappa shape index (κ1) is 13.2. The molecule has 96 valence electrons. The van der Waals surface area contributed by atoms with Crippen molar-refractivity contribution in [1.29, 1.82) is 0 Å². The minimum Gasteiger partial charge on any atom is -0.396 e. The zero-order valence-electron chi connectivity index (χ0n) is 10.3. The standard InChI is InChI=1S/C13H16BrN3O/c1-2-17-13(15-9-16-17)7-10(8-18)11-5-3-4-6-12(11)14/h3-6,9-10,18H,2,7-8H2,1H3. The molecule has 4 nitrogen and oxygen atoms in total. The van der Waals surface area contributed by atoms with Crippen molar-refractivity contribution in [1.82, 2.24) is 14.8 Å². The summed E-state index contributed by atoms with van der Waals surface area (Å²) in [7, 11) is 0. The van der Waals surface area contributed by atoms with Crippen molar-refractivity contribution in [2.45, 2.75) is 25.8 Å². The Bertz CT molecular complexity index is 512. The highest BCUT2D eigenvalue weighted by Gasteiger charge is 2.16. The van der Waals surface area contributed by atoms with E-state index in [1.54, 1.807) is 6.33 Å². The summed E-state index contributed by atoms with van der Waals surface area (Å²) in [5, 5.41) is 13.7. The molecule has 0 bridgehead atoms. The lowest BCUT2D eigenvalue weighted by molar-refractivity contribution is 0.261. The van der Waals surface area contributed by atoms with Crippen LogP contribution in [0.1, 0.15) is 24.2 Å². The quantitative estimate of drug-likeness (QED) is 0.922. The first-order chi connectivity index (χ1) is 8.76. The second-order valence-corrected chi connectivity index (χ2v) is 4.95. The molecule has 2 rings (SSSR count). The molecule has 0 aliphatic carbocycles. The summed E-state index contributed by atoms with van der Waals surface area (Å²) >= 11 is 3.52. The predicted octanol–water partition coefficient (Wildman–Crippen LogP) is 2.38. The summed E-state index contributed by atoms with van der Waals surface area (Å²) in [5.41, 5.74) is 1.10. The van der Waals surface area contributed by atoms with Gasteiger partial charge in [-0.05, 0) is 18.6 Å². The molecule has 0 saturated carbocycles. The number of hydrogen-bond acceptors (Lipinski definition) is 3. The van der Waals surface area contributed by atoms with Crippen LogP contribution < -0.4 is 0 Å². The van der Waals surface area contributed by atoms with Gasteiger partial charge < -0.3 is 5.11 Å². The molecule has 1 aromatic carbocycles. The highest BCUT2D eigenvalue weighted by molar-refractivity contribution is 9.10. The van der Waals surface area contributed by atoms with Crippen LogP contribution in [0.3, 0.4) is 0 Å². The van der Waals surface area contributed by atoms with E-state index in [-0.39, 0.29) is 12.5 Å². The molecule has 0 radical (unpaired) electrons. The molecule has 0 amide bonds. The fraction of sp³-hybridized carbons (Fsp3) is 0.385. The van der Waals surface area contributed by atoms with Gasteiger partial charge in [0.25, 0.3) is 0 Å². The van der Waals surface area contributed by atoms with Gasteiger partial charge in [0.1, 0.15) is 12.2 Å². The Kier molecular flexibility index (Phi) is 4.49. The van der Waals surface area contributed by atoms with Gasteiger partial charge >= 0.3 is 0 Å². The van der Waals surface area contributed by atoms with Crippen molar-refractivity contribution in [3.05, 3.63) is 46.5 Å². The van der Waals surface area contributed by atoms with E-state index in [4.69, 9.17) is 0 Å². The number of halogens is 1. The number of aryl methyl sites for hydroxylation is 1.